The van der Waals surface area contributed by atoms with Crippen LogP contribution >= 0.6 is 0 Å². The Hall–Kier alpha value is -0.570. The minimum atomic E-state index is -0.300. The topological polar surface area (TPSA) is 52.3 Å². The van der Waals surface area contributed by atoms with E-state index in [9.17, 15) is 4.79 Å². The fourth-order valence-electron chi connectivity index (χ4n) is 1.37. The Labute approximate surface area is 87.0 Å². The van der Waals surface area contributed by atoms with Gasteiger partial charge in [-0.05, 0) is 19.8 Å². The normalized spacial score (nSPS) is 12.5. The second-order valence-corrected chi connectivity index (χ2v) is 3.71. The van der Waals surface area contributed by atoms with Gasteiger partial charge in [0.25, 0.3) is 0 Å². The van der Waals surface area contributed by atoms with Crippen LogP contribution in [0.4, 0.5) is 0 Å². The lowest BCUT2D eigenvalue weighted by Gasteiger charge is -2.11. The monoisotopic (exact) mass is 201 g/mol. The van der Waals surface area contributed by atoms with E-state index in [0.717, 1.165) is 12.8 Å². The lowest BCUT2D eigenvalue weighted by molar-refractivity contribution is -0.146. The van der Waals surface area contributed by atoms with Crippen molar-refractivity contribution in [1.29, 1.82) is 0 Å². The highest BCUT2D eigenvalue weighted by Crippen LogP contribution is 2.08. The van der Waals surface area contributed by atoms with Crippen LogP contribution in [0, 0.1) is 0 Å². The lowest BCUT2D eigenvalue weighted by Crippen LogP contribution is -2.22. The summed E-state index contributed by atoms with van der Waals surface area (Å²) < 4.78 is 5.04. The summed E-state index contributed by atoms with van der Waals surface area (Å²) in [5, 5.41) is 0. The van der Waals surface area contributed by atoms with Crippen molar-refractivity contribution in [1.82, 2.24) is 0 Å². The average molecular weight is 201 g/mol. The summed E-state index contributed by atoms with van der Waals surface area (Å²) in [7, 11) is 0. The maximum Gasteiger partial charge on any atom is 0.319 e. The zero-order chi connectivity index (χ0) is 10.8. The molecule has 0 aliphatic carbocycles. The van der Waals surface area contributed by atoms with Gasteiger partial charge in [-0.3, -0.25) is 4.79 Å². The molecule has 0 bridgehead atoms. The van der Waals surface area contributed by atoms with Crippen LogP contribution in [-0.4, -0.2) is 18.6 Å². The Balaban J connectivity index is 3.26. The van der Waals surface area contributed by atoms with E-state index in [4.69, 9.17) is 10.5 Å². The van der Waals surface area contributed by atoms with Crippen molar-refractivity contribution in [2.24, 2.45) is 5.73 Å². The van der Waals surface area contributed by atoms with Crippen molar-refractivity contribution >= 4 is 5.97 Å². The van der Waals surface area contributed by atoms with Gasteiger partial charge in [0.05, 0.1) is 12.6 Å². The SMILES string of the molecule is CCCCCCCC(C)OC(=O)CN. The molecule has 0 radical (unpaired) electrons. The Bertz CT molecular complexity index is 148. The molecule has 0 rings (SSSR count). The van der Waals surface area contributed by atoms with Gasteiger partial charge in [0.1, 0.15) is 0 Å². The largest absolute Gasteiger partial charge is 0.462 e. The molecular formula is C11H23NO2. The van der Waals surface area contributed by atoms with Gasteiger partial charge in [-0.25, -0.2) is 0 Å². The van der Waals surface area contributed by atoms with Crippen LogP contribution in [0.5, 0.6) is 0 Å². The number of hydrogen-bond donors (Lipinski definition) is 1. The van der Waals surface area contributed by atoms with Crippen molar-refractivity contribution in [2.75, 3.05) is 6.54 Å². The van der Waals surface area contributed by atoms with Crippen molar-refractivity contribution in [2.45, 2.75) is 58.5 Å². The van der Waals surface area contributed by atoms with Gasteiger partial charge in [0.15, 0.2) is 0 Å². The molecule has 0 heterocycles. The van der Waals surface area contributed by atoms with Gasteiger partial charge in [-0.1, -0.05) is 32.6 Å². The fourth-order valence-corrected chi connectivity index (χ4v) is 1.37. The number of esters is 1. The minimum absolute atomic E-state index is 0.0137. The van der Waals surface area contributed by atoms with Crippen LogP contribution < -0.4 is 5.73 Å². The molecule has 14 heavy (non-hydrogen) atoms. The molecule has 84 valence electrons. The molecule has 0 spiro atoms. The van der Waals surface area contributed by atoms with Gasteiger partial charge in [-0.2, -0.15) is 0 Å². The Morgan fingerprint density at radius 1 is 1.29 bits per heavy atom. The molecule has 0 aromatic rings. The zero-order valence-electron chi connectivity index (χ0n) is 9.42. The highest BCUT2D eigenvalue weighted by molar-refractivity contribution is 5.71. The summed E-state index contributed by atoms with van der Waals surface area (Å²) >= 11 is 0. The van der Waals surface area contributed by atoms with E-state index in [0.29, 0.717) is 0 Å². The maximum atomic E-state index is 10.8. The second kappa shape index (κ2) is 9.00. The summed E-state index contributed by atoms with van der Waals surface area (Å²) in [6.45, 7) is 4.11. The number of carbonyl (C=O) groups excluding carboxylic acids is 1. The molecule has 0 aromatic carbocycles. The second-order valence-electron chi connectivity index (χ2n) is 3.71. The van der Waals surface area contributed by atoms with Crippen molar-refractivity contribution in [3.05, 3.63) is 0 Å². The molecule has 3 nitrogen and oxygen atoms in total. The van der Waals surface area contributed by atoms with Crippen LogP contribution in [0.15, 0.2) is 0 Å². The molecule has 1 atom stereocenters. The van der Waals surface area contributed by atoms with E-state index < -0.39 is 0 Å². The van der Waals surface area contributed by atoms with Crippen molar-refractivity contribution < 1.29 is 9.53 Å². The van der Waals surface area contributed by atoms with E-state index in [-0.39, 0.29) is 18.6 Å². The van der Waals surface area contributed by atoms with Crippen LogP contribution in [0.2, 0.25) is 0 Å². The Kier molecular flexibility index (Phi) is 8.64. The van der Waals surface area contributed by atoms with Gasteiger partial charge in [-0.15, -0.1) is 0 Å². The maximum absolute atomic E-state index is 10.8. The smallest absolute Gasteiger partial charge is 0.319 e. The number of ether oxygens (including phenoxy) is 1. The molecule has 0 aliphatic rings. The molecule has 0 aromatic heterocycles. The Morgan fingerprint density at radius 3 is 2.50 bits per heavy atom. The van der Waals surface area contributed by atoms with Crippen molar-refractivity contribution in [3.8, 4) is 0 Å². The molecular weight excluding hydrogens is 178 g/mol. The summed E-state index contributed by atoms with van der Waals surface area (Å²) in [6, 6.07) is 0. The molecule has 0 fully saturated rings. The van der Waals surface area contributed by atoms with E-state index in [1.165, 1.54) is 25.7 Å². The van der Waals surface area contributed by atoms with Crippen LogP contribution in [0.1, 0.15) is 52.4 Å². The van der Waals surface area contributed by atoms with Crippen molar-refractivity contribution in [3.63, 3.8) is 0 Å². The number of hydrogen-bond acceptors (Lipinski definition) is 3. The summed E-state index contributed by atoms with van der Waals surface area (Å²) in [6.07, 6.45) is 7.20. The first kappa shape index (κ1) is 13.4. The summed E-state index contributed by atoms with van der Waals surface area (Å²) in [5.74, 6) is -0.300. The summed E-state index contributed by atoms with van der Waals surface area (Å²) in [4.78, 5) is 10.8. The van der Waals surface area contributed by atoms with Gasteiger partial charge in [0.2, 0.25) is 0 Å². The standard InChI is InChI=1S/C11H23NO2/c1-3-4-5-6-7-8-10(2)14-11(13)9-12/h10H,3-9,12H2,1-2H3. The molecule has 0 saturated heterocycles. The highest BCUT2D eigenvalue weighted by atomic mass is 16.5. The Morgan fingerprint density at radius 2 is 1.93 bits per heavy atom. The van der Waals surface area contributed by atoms with E-state index >= 15 is 0 Å². The van der Waals surface area contributed by atoms with Gasteiger partial charge >= 0.3 is 5.97 Å². The molecule has 0 amide bonds. The summed E-state index contributed by atoms with van der Waals surface area (Å²) in [5.41, 5.74) is 5.14. The average Bonchev–Trinajstić information content (AvgIpc) is 2.17. The predicted octanol–water partition coefficient (Wildman–Crippen LogP) is 2.24. The van der Waals surface area contributed by atoms with E-state index in [1.54, 1.807) is 0 Å². The zero-order valence-corrected chi connectivity index (χ0v) is 9.42. The number of carbonyl (C=O) groups is 1. The molecule has 2 N–H and O–H groups in total. The predicted molar refractivity (Wildman–Crippen MR) is 58.0 cm³/mol. The van der Waals surface area contributed by atoms with E-state index in [1.807, 2.05) is 6.92 Å². The molecule has 1 unspecified atom stereocenters. The quantitative estimate of drug-likeness (QED) is 0.484. The van der Waals surface area contributed by atoms with Gasteiger partial charge < -0.3 is 10.5 Å². The van der Waals surface area contributed by atoms with Crippen LogP contribution in [0.25, 0.3) is 0 Å². The first-order valence-corrected chi connectivity index (χ1v) is 5.60. The molecule has 0 saturated carbocycles. The van der Waals surface area contributed by atoms with Crippen LogP contribution in [0.3, 0.4) is 0 Å². The molecule has 0 aliphatic heterocycles. The first-order valence-electron chi connectivity index (χ1n) is 5.60. The fraction of sp³-hybridized carbons (Fsp3) is 0.909. The number of nitrogens with two attached hydrogens (primary N) is 1. The lowest BCUT2D eigenvalue weighted by atomic mass is 10.1. The van der Waals surface area contributed by atoms with Crippen LogP contribution in [-0.2, 0) is 9.53 Å². The minimum Gasteiger partial charge on any atom is -0.462 e. The third-order valence-electron chi connectivity index (χ3n) is 2.21. The van der Waals surface area contributed by atoms with Gasteiger partial charge in [0, 0.05) is 0 Å². The highest BCUT2D eigenvalue weighted by Gasteiger charge is 2.06. The third-order valence-corrected chi connectivity index (χ3v) is 2.21. The first-order chi connectivity index (χ1) is 6.70. The number of rotatable bonds is 8. The number of unbranched alkanes of at least 4 members (excludes halogenated alkanes) is 4. The molecule has 3 heteroatoms. The third kappa shape index (κ3) is 8.05. The van der Waals surface area contributed by atoms with E-state index in [2.05, 4.69) is 6.92 Å².